The average Bonchev–Trinajstić information content (AvgIpc) is 2.97. The number of aromatic nitrogens is 2. The van der Waals surface area contributed by atoms with Crippen molar-refractivity contribution in [3.05, 3.63) is 65.5 Å². The standard InChI is InChI=1S/C20H23N3O/c1-13(2)11-18(23-20(24)15-7-5-4-6-8-15)19-21-16-10-9-14(3)12-17(16)22-19/h4-10,12-13,18H,11H2,1-3H3,(H,21,22)(H,23,24)/t18-/m0/s1. The molecule has 0 spiro atoms. The third kappa shape index (κ3) is 3.65. The molecule has 1 amide bonds. The van der Waals surface area contributed by atoms with E-state index in [1.807, 2.05) is 42.5 Å². The first-order valence-electron chi connectivity index (χ1n) is 8.35. The van der Waals surface area contributed by atoms with E-state index in [2.05, 4.69) is 42.1 Å². The number of carbonyl (C=O) groups excluding carboxylic acids is 1. The molecule has 0 unspecified atom stereocenters. The Labute approximate surface area is 142 Å². The van der Waals surface area contributed by atoms with Gasteiger partial charge < -0.3 is 10.3 Å². The number of rotatable bonds is 5. The van der Waals surface area contributed by atoms with E-state index in [0.717, 1.165) is 23.3 Å². The van der Waals surface area contributed by atoms with Gasteiger partial charge in [0.05, 0.1) is 17.1 Å². The smallest absolute Gasteiger partial charge is 0.251 e. The molecule has 0 fully saturated rings. The van der Waals surface area contributed by atoms with Crippen molar-refractivity contribution in [3.8, 4) is 0 Å². The first-order valence-corrected chi connectivity index (χ1v) is 8.35. The summed E-state index contributed by atoms with van der Waals surface area (Å²) in [5.41, 5.74) is 3.79. The van der Waals surface area contributed by atoms with Gasteiger partial charge in [0.15, 0.2) is 0 Å². The topological polar surface area (TPSA) is 57.8 Å². The van der Waals surface area contributed by atoms with Crippen molar-refractivity contribution in [2.45, 2.75) is 33.2 Å². The summed E-state index contributed by atoms with van der Waals surface area (Å²) in [6.07, 6.45) is 0.831. The van der Waals surface area contributed by atoms with Crippen molar-refractivity contribution in [2.75, 3.05) is 0 Å². The molecule has 3 rings (SSSR count). The van der Waals surface area contributed by atoms with E-state index in [9.17, 15) is 4.79 Å². The second-order valence-corrected chi connectivity index (χ2v) is 6.66. The first kappa shape index (κ1) is 16.2. The lowest BCUT2D eigenvalue weighted by Crippen LogP contribution is -2.30. The van der Waals surface area contributed by atoms with Crippen LogP contribution in [0, 0.1) is 12.8 Å². The highest BCUT2D eigenvalue weighted by atomic mass is 16.1. The van der Waals surface area contributed by atoms with Crippen molar-refractivity contribution >= 4 is 16.9 Å². The summed E-state index contributed by atoms with van der Waals surface area (Å²) in [5, 5.41) is 3.12. The van der Waals surface area contributed by atoms with Crippen LogP contribution >= 0.6 is 0 Å². The molecule has 1 atom stereocenters. The van der Waals surface area contributed by atoms with Gasteiger partial charge in [-0.05, 0) is 49.1 Å². The van der Waals surface area contributed by atoms with E-state index in [0.29, 0.717) is 11.5 Å². The van der Waals surface area contributed by atoms with Gasteiger partial charge in [-0.2, -0.15) is 0 Å². The third-order valence-corrected chi connectivity index (χ3v) is 4.03. The molecule has 2 N–H and O–H groups in total. The molecule has 0 aliphatic heterocycles. The van der Waals surface area contributed by atoms with Crippen molar-refractivity contribution in [1.82, 2.24) is 15.3 Å². The van der Waals surface area contributed by atoms with Crippen LogP contribution in [0.25, 0.3) is 11.0 Å². The Morgan fingerprint density at radius 3 is 2.62 bits per heavy atom. The fourth-order valence-corrected chi connectivity index (χ4v) is 2.85. The van der Waals surface area contributed by atoms with E-state index in [4.69, 9.17) is 0 Å². The minimum atomic E-state index is -0.134. The van der Waals surface area contributed by atoms with Crippen molar-refractivity contribution in [3.63, 3.8) is 0 Å². The largest absolute Gasteiger partial charge is 0.342 e. The van der Waals surface area contributed by atoms with Gasteiger partial charge in [-0.3, -0.25) is 4.79 Å². The molecule has 4 nitrogen and oxygen atoms in total. The van der Waals surface area contributed by atoms with E-state index in [1.165, 1.54) is 5.56 Å². The van der Waals surface area contributed by atoms with Gasteiger partial charge in [-0.15, -0.1) is 0 Å². The van der Waals surface area contributed by atoms with E-state index in [-0.39, 0.29) is 11.9 Å². The zero-order chi connectivity index (χ0) is 17.1. The van der Waals surface area contributed by atoms with Gasteiger partial charge in [0, 0.05) is 5.56 Å². The second kappa shape index (κ2) is 6.87. The van der Waals surface area contributed by atoms with Crippen LogP contribution < -0.4 is 5.32 Å². The number of fused-ring (bicyclic) bond motifs is 1. The molecule has 0 aliphatic rings. The Bertz CT molecular complexity index is 836. The van der Waals surface area contributed by atoms with Gasteiger partial charge in [-0.1, -0.05) is 38.1 Å². The lowest BCUT2D eigenvalue weighted by atomic mass is 10.0. The van der Waals surface area contributed by atoms with Crippen LogP contribution in [-0.4, -0.2) is 15.9 Å². The molecule has 0 bridgehead atoms. The fourth-order valence-electron chi connectivity index (χ4n) is 2.85. The quantitative estimate of drug-likeness (QED) is 0.732. The number of carbonyl (C=O) groups is 1. The van der Waals surface area contributed by atoms with Crippen LogP contribution in [0.5, 0.6) is 0 Å². The number of nitrogens with zero attached hydrogens (tertiary/aromatic N) is 1. The first-order chi connectivity index (χ1) is 11.5. The third-order valence-electron chi connectivity index (χ3n) is 4.03. The van der Waals surface area contributed by atoms with Crippen LogP contribution in [0.1, 0.15) is 48.1 Å². The summed E-state index contributed by atoms with van der Waals surface area (Å²) in [5.74, 6) is 1.19. The van der Waals surface area contributed by atoms with E-state index in [1.54, 1.807) is 0 Å². The molecule has 0 saturated carbocycles. The molecule has 0 aliphatic carbocycles. The molecular formula is C20H23N3O. The Kier molecular flexibility index (Phi) is 4.65. The maximum absolute atomic E-state index is 12.5. The summed E-state index contributed by atoms with van der Waals surface area (Å²) < 4.78 is 0. The number of aryl methyl sites for hydroxylation is 1. The summed E-state index contributed by atoms with van der Waals surface area (Å²) in [7, 11) is 0. The molecule has 0 saturated heterocycles. The summed E-state index contributed by atoms with van der Waals surface area (Å²) in [6, 6.07) is 15.3. The van der Waals surface area contributed by atoms with Gasteiger partial charge >= 0.3 is 0 Å². The van der Waals surface area contributed by atoms with Crippen LogP contribution in [0.2, 0.25) is 0 Å². The van der Waals surface area contributed by atoms with Crippen LogP contribution in [0.3, 0.4) is 0 Å². The molecular weight excluding hydrogens is 298 g/mol. The molecule has 124 valence electrons. The van der Waals surface area contributed by atoms with Crippen molar-refractivity contribution < 1.29 is 4.79 Å². The monoisotopic (exact) mass is 321 g/mol. The minimum Gasteiger partial charge on any atom is -0.342 e. The summed E-state index contributed by atoms with van der Waals surface area (Å²) in [4.78, 5) is 20.6. The highest BCUT2D eigenvalue weighted by molar-refractivity contribution is 5.94. The number of hydrogen-bond donors (Lipinski definition) is 2. The predicted molar refractivity (Wildman–Crippen MR) is 96.9 cm³/mol. The molecule has 0 radical (unpaired) electrons. The molecule has 2 aromatic carbocycles. The van der Waals surface area contributed by atoms with Crippen LogP contribution in [-0.2, 0) is 0 Å². The lowest BCUT2D eigenvalue weighted by molar-refractivity contribution is 0.0930. The molecule has 1 heterocycles. The predicted octanol–water partition coefficient (Wildman–Crippen LogP) is 4.39. The average molecular weight is 321 g/mol. The van der Waals surface area contributed by atoms with E-state index < -0.39 is 0 Å². The highest BCUT2D eigenvalue weighted by Crippen LogP contribution is 2.23. The number of aromatic amines is 1. The van der Waals surface area contributed by atoms with Gasteiger partial charge in [0.25, 0.3) is 5.91 Å². The Hall–Kier alpha value is -2.62. The normalized spacial score (nSPS) is 12.5. The molecule has 3 aromatic rings. The van der Waals surface area contributed by atoms with Gasteiger partial charge in [-0.25, -0.2) is 4.98 Å². The zero-order valence-electron chi connectivity index (χ0n) is 14.3. The molecule has 1 aromatic heterocycles. The van der Waals surface area contributed by atoms with Crippen molar-refractivity contribution in [2.24, 2.45) is 5.92 Å². The summed E-state index contributed by atoms with van der Waals surface area (Å²) >= 11 is 0. The van der Waals surface area contributed by atoms with Crippen molar-refractivity contribution in [1.29, 1.82) is 0 Å². The Morgan fingerprint density at radius 1 is 1.17 bits per heavy atom. The number of benzene rings is 2. The second-order valence-electron chi connectivity index (χ2n) is 6.66. The van der Waals surface area contributed by atoms with Gasteiger partial charge in [0.2, 0.25) is 0 Å². The number of nitrogens with one attached hydrogen (secondary N) is 2. The number of H-pyrrole nitrogens is 1. The number of imidazole rings is 1. The maximum Gasteiger partial charge on any atom is 0.251 e. The van der Waals surface area contributed by atoms with Crippen LogP contribution in [0.15, 0.2) is 48.5 Å². The maximum atomic E-state index is 12.5. The zero-order valence-corrected chi connectivity index (χ0v) is 14.3. The highest BCUT2D eigenvalue weighted by Gasteiger charge is 2.20. The van der Waals surface area contributed by atoms with E-state index >= 15 is 0 Å². The molecule has 4 heteroatoms. The number of hydrogen-bond acceptors (Lipinski definition) is 2. The van der Waals surface area contributed by atoms with Crippen LogP contribution in [0.4, 0.5) is 0 Å². The Morgan fingerprint density at radius 2 is 1.92 bits per heavy atom. The minimum absolute atomic E-state index is 0.0714. The molecule has 24 heavy (non-hydrogen) atoms. The fraction of sp³-hybridized carbons (Fsp3) is 0.300. The summed E-state index contributed by atoms with van der Waals surface area (Å²) in [6.45, 7) is 6.35. The van der Waals surface area contributed by atoms with Gasteiger partial charge in [0.1, 0.15) is 5.82 Å². The SMILES string of the molecule is Cc1ccc2nc([C@H](CC(C)C)NC(=O)c3ccccc3)[nH]c2c1. The Balaban J connectivity index is 1.88. The lowest BCUT2D eigenvalue weighted by Gasteiger charge is -2.18. The number of amides is 1.